The van der Waals surface area contributed by atoms with Crippen LogP contribution in [-0.2, 0) is 4.79 Å². The summed E-state index contributed by atoms with van der Waals surface area (Å²) in [4.78, 5) is 14.3. The molecule has 0 saturated carbocycles. The summed E-state index contributed by atoms with van der Waals surface area (Å²) in [6.07, 6.45) is 4.87. The quantitative estimate of drug-likeness (QED) is 0.511. The van der Waals surface area contributed by atoms with E-state index in [9.17, 15) is 4.79 Å². The standard InChI is InChI=1S/C8H9N3O/c1-7(12)11-10-6-8-3-2-4-9-5-8/h2-6H,1H3,(H,11,12). The fraction of sp³-hybridized carbons (Fsp3) is 0.125. The van der Waals surface area contributed by atoms with Gasteiger partial charge in [-0.2, -0.15) is 5.10 Å². The molecule has 0 aliphatic carbocycles. The van der Waals surface area contributed by atoms with Crippen LogP contribution in [0, 0.1) is 0 Å². The second-order valence-electron chi connectivity index (χ2n) is 2.21. The number of hydrazone groups is 1. The molecule has 12 heavy (non-hydrogen) atoms. The minimum atomic E-state index is -0.185. The number of nitrogens with zero attached hydrogens (tertiary/aromatic N) is 2. The minimum Gasteiger partial charge on any atom is -0.274 e. The fourth-order valence-corrected chi connectivity index (χ4v) is 0.650. The lowest BCUT2D eigenvalue weighted by atomic mass is 10.3. The van der Waals surface area contributed by atoms with Crippen molar-refractivity contribution in [2.45, 2.75) is 6.92 Å². The summed E-state index contributed by atoms with van der Waals surface area (Å²) < 4.78 is 0. The molecule has 1 N–H and O–H groups in total. The van der Waals surface area contributed by atoms with Crippen molar-refractivity contribution in [3.8, 4) is 0 Å². The van der Waals surface area contributed by atoms with E-state index >= 15 is 0 Å². The molecule has 0 fully saturated rings. The average Bonchev–Trinajstić information content (AvgIpc) is 2.05. The molecular weight excluding hydrogens is 154 g/mol. The maximum absolute atomic E-state index is 10.4. The Labute approximate surface area is 70.3 Å². The van der Waals surface area contributed by atoms with Crippen molar-refractivity contribution < 1.29 is 4.79 Å². The predicted molar refractivity (Wildman–Crippen MR) is 45.6 cm³/mol. The summed E-state index contributed by atoms with van der Waals surface area (Å²) in [5.74, 6) is -0.185. The summed E-state index contributed by atoms with van der Waals surface area (Å²) >= 11 is 0. The van der Waals surface area contributed by atoms with Gasteiger partial charge in [-0.15, -0.1) is 0 Å². The Balaban J connectivity index is 2.52. The van der Waals surface area contributed by atoms with Crippen LogP contribution in [0.15, 0.2) is 29.6 Å². The van der Waals surface area contributed by atoms with Gasteiger partial charge in [0.2, 0.25) is 5.91 Å². The SMILES string of the molecule is CC(=O)NN=Cc1cccnc1. The molecule has 1 aromatic rings. The molecular formula is C8H9N3O. The van der Waals surface area contributed by atoms with Crippen molar-refractivity contribution in [2.75, 3.05) is 0 Å². The molecule has 0 aliphatic heterocycles. The number of pyridine rings is 1. The van der Waals surface area contributed by atoms with E-state index in [2.05, 4.69) is 15.5 Å². The highest BCUT2D eigenvalue weighted by Gasteiger charge is 1.85. The second-order valence-corrected chi connectivity index (χ2v) is 2.21. The van der Waals surface area contributed by atoms with Gasteiger partial charge in [0, 0.05) is 24.9 Å². The number of rotatable bonds is 2. The van der Waals surface area contributed by atoms with Crippen molar-refractivity contribution in [2.24, 2.45) is 5.10 Å². The van der Waals surface area contributed by atoms with E-state index in [0.29, 0.717) is 0 Å². The third-order valence-electron chi connectivity index (χ3n) is 1.12. The van der Waals surface area contributed by atoms with Crippen LogP contribution in [0.5, 0.6) is 0 Å². The van der Waals surface area contributed by atoms with Crippen LogP contribution in [0.1, 0.15) is 12.5 Å². The lowest BCUT2D eigenvalue weighted by Gasteiger charge is -1.91. The topological polar surface area (TPSA) is 54.4 Å². The smallest absolute Gasteiger partial charge is 0.236 e. The molecule has 0 radical (unpaired) electrons. The van der Waals surface area contributed by atoms with E-state index in [1.807, 2.05) is 6.07 Å². The van der Waals surface area contributed by atoms with Crippen molar-refractivity contribution in [3.63, 3.8) is 0 Å². The van der Waals surface area contributed by atoms with Crippen LogP contribution in [0.25, 0.3) is 0 Å². The highest BCUT2D eigenvalue weighted by atomic mass is 16.2. The van der Waals surface area contributed by atoms with Gasteiger partial charge in [-0.1, -0.05) is 6.07 Å². The minimum absolute atomic E-state index is 0.185. The maximum atomic E-state index is 10.4. The lowest BCUT2D eigenvalue weighted by Crippen LogP contribution is -2.12. The van der Waals surface area contributed by atoms with Gasteiger partial charge in [0.1, 0.15) is 0 Å². The first-order chi connectivity index (χ1) is 5.79. The van der Waals surface area contributed by atoms with E-state index in [1.54, 1.807) is 18.5 Å². The molecule has 4 heteroatoms. The van der Waals surface area contributed by atoms with Gasteiger partial charge in [0.25, 0.3) is 0 Å². The van der Waals surface area contributed by atoms with Gasteiger partial charge in [0.15, 0.2) is 0 Å². The zero-order valence-electron chi connectivity index (χ0n) is 6.69. The second kappa shape index (κ2) is 4.23. The van der Waals surface area contributed by atoms with Gasteiger partial charge in [-0.05, 0) is 6.07 Å². The molecule has 1 aromatic heterocycles. The third kappa shape index (κ3) is 2.92. The number of nitrogens with one attached hydrogen (secondary N) is 1. The normalized spacial score (nSPS) is 10.1. The molecule has 0 aromatic carbocycles. The number of hydrogen-bond acceptors (Lipinski definition) is 3. The monoisotopic (exact) mass is 163 g/mol. The largest absolute Gasteiger partial charge is 0.274 e. The fourth-order valence-electron chi connectivity index (χ4n) is 0.650. The summed E-state index contributed by atoms with van der Waals surface area (Å²) in [5.41, 5.74) is 3.15. The molecule has 0 saturated heterocycles. The number of amides is 1. The highest BCUT2D eigenvalue weighted by Crippen LogP contribution is 1.89. The molecule has 1 amide bonds. The molecule has 1 heterocycles. The lowest BCUT2D eigenvalue weighted by molar-refractivity contribution is -0.118. The molecule has 0 aliphatic rings. The summed E-state index contributed by atoms with van der Waals surface area (Å²) in [7, 11) is 0. The number of aromatic nitrogens is 1. The van der Waals surface area contributed by atoms with Gasteiger partial charge in [-0.3, -0.25) is 9.78 Å². The van der Waals surface area contributed by atoms with Crippen molar-refractivity contribution in [3.05, 3.63) is 30.1 Å². The zero-order valence-corrected chi connectivity index (χ0v) is 6.69. The number of hydrogen-bond donors (Lipinski definition) is 1. The Morgan fingerprint density at radius 3 is 3.17 bits per heavy atom. The Bertz CT molecular complexity index is 282. The Hall–Kier alpha value is -1.71. The summed E-state index contributed by atoms with van der Waals surface area (Å²) in [6, 6.07) is 3.65. The van der Waals surface area contributed by atoms with Crippen LogP contribution in [0.2, 0.25) is 0 Å². The van der Waals surface area contributed by atoms with Gasteiger partial charge >= 0.3 is 0 Å². The molecule has 0 atom stereocenters. The van der Waals surface area contributed by atoms with Crippen LogP contribution in [0.4, 0.5) is 0 Å². The van der Waals surface area contributed by atoms with E-state index < -0.39 is 0 Å². The molecule has 0 spiro atoms. The first-order valence-electron chi connectivity index (χ1n) is 3.49. The summed E-state index contributed by atoms with van der Waals surface area (Å²) in [6.45, 7) is 1.40. The Kier molecular flexibility index (Phi) is 2.95. The zero-order chi connectivity index (χ0) is 8.81. The first kappa shape index (κ1) is 8.39. The molecule has 1 rings (SSSR count). The number of carbonyl (C=O) groups excluding carboxylic acids is 1. The van der Waals surface area contributed by atoms with Crippen LogP contribution in [0.3, 0.4) is 0 Å². The van der Waals surface area contributed by atoms with Crippen molar-refractivity contribution in [1.29, 1.82) is 0 Å². The van der Waals surface area contributed by atoms with Crippen LogP contribution >= 0.6 is 0 Å². The van der Waals surface area contributed by atoms with Crippen molar-refractivity contribution >= 4 is 12.1 Å². The van der Waals surface area contributed by atoms with E-state index in [0.717, 1.165) is 5.56 Å². The Morgan fingerprint density at radius 1 is 1.75 bits per heavy atom. The third-order valence-corrected chi connectivity index (χ3v) is 1.12. The Morgan fingerprint density at radius 2 is 2.58 bits per heavy atom. The number of carbonyl (C=O) groups is 1. The van der Waals surface area contributed by atoms with Crippen LogP contribution in [-0.4, -0.2) is 17.1 Å². The molecule has 0 unspecified atom stereocenters. The van der Waals surface area contributed by atoms with E-state index in [1.165, 1.54) is 13.1 Å². The van der Waals surface area contributed by atoms with Gasteiger partial charge < -0.3 is 0 Å². The van der Waals surface area contributed by atoms with Crippen LogP contribution < -0.4 is 5.43 Å². The molecule has 4 nitrogen and oxygen atoms in total. The maximum Gasteiger partial charge on any atom is 0.236 e. The predicted octanol–water partition coefficient (Wildman–Crippen LogP) is 0.552. The van der Waals surface area contributed by atoms with Gasteiger partial charge in [-0.25, -0.2) is 5.43 Å². The highest BCUT2D eigenvalue weighted by molar-refractivity contribution is 5.81. The molecule has 0 bridgehead atoms. The van der Waals surface area contributed by atoms with Crippen molar-refractivity contribution in [1.82, 2.24) is 10.4 Å². The molecule has 62 valence electrons. The van der Waals surface area contributed by atoms with E-state index in [4.69, 9.17) is 0 Å². The average molecular weight is 163 g/mol. The summed E-state index contributed by atoms with van der Waals surface area (Å²) in [5, 5.41) is 3.68. The van der Waals surface area contributed by atoms with Gasteiger partial charge in [0.05, 0.1) is 6.21 Å². The first-order valence-corrected chi connectivity index (χ1v) is 3.49. The van der Waals surface area contributed by atoms with E-state index in [-0.39, 0.29) is 5.91 Å².